The van der Waals surface area contributed by atoms with E-state index < -0.39 is 20.7 Å². The maximum absolute atomic E-state index is 12.3. The first-order valence-electron chi connectivity index (χ1n) is 17.2. The molecule has 266 valence electrons. The van der Waals surface area contributed by atoms with Gasteiger partial charge in [-0.05, 0) is 56.7 Å². The van der Waals surface area contributed by atoms with Crippen molar-refractivity contribution in [2.45, 2.75) is 105 Å². The fourth-order valence-corrected chi connectivity index (χ4v) is 5.98. The molecule has 0 saturated carbocycles. The number of nitro benzene ring substituents is 3. The van der Waals surface area contributed by atoms with Gasteiger partial charge < -0.3 is 14.2 Å². The highest BCUT2D eigenvalue weighted by molar-refractivity contribution is 5.65. The van der Waals surface area contributed by atoms with Crippen LogP contribution in [-0.4, -0.2) is 34.6 Å². The van der Waals surface area contributed by atoms with Crippen molar-refractivity contribution in [1.29, 1.82) is 0 Å². The van der Waals surface area contributed by atoms with Gasteiger partial charge in [0.25, 0.3) is 17.1 Å². The van der Waals surface area contributed by atoms with E-state index in [-0.39, 0.29) is 17.1 Å². The normalized spacial score (nSPS) is 11.1. The van der Waals surface area contributed by atoms with E-state index in [1.807, 2.05) is 0 Å². The van der Waals surface area contributed by atoms with Crippen LogP contribution in [0.1, 0.15) is 118 Å². The molecule has 0 aliphatic carbocycles. The number of unbranched alkanes of at least 4 members (excludes halogenated alkanes) is 6. The molecule has 0 unspecified atom stereocenters. The highest BCUT2D eigenvalue weighted by atomic mass is 16.6. The first-order valence-corrected chi connectivity index (χ1v) is 17.2. The van der Waals surface area contributed by atoms with Gasteiger partial charge in [-0.25, -0.2) is 0 Å². The maximum Gasteiger partial charge on any atom is 0.270 e. The monoisotopic (exact) mass is 679 g/mol. The van der Waals surface area contributed by atoms with E-state index in [1.54, 1.807) is 20.8 Å². The Hall–Kier alpha value is -4.74. The quantitative estimate of drug-likeness (QED) is 0.0462. The molecular weight excluding hydrogens is 630 g/mol. The van der Waals surface area contributed by atoms with Crippen LogP contribution in [0.5, 0.6) is 17.2 Å². The zero-order chi connectivity index (χ0) is 36.1. The molecule has 0 aliphatic rings. The lowest BCUT2D eigenvalue weighted by molar-refractivity contribution is -0.385. The van der Waals surface area contributed by atoms with E-state index in [1.165, 1.54) is 36.4 Å². The van der Waals surface area contributed by atoms with Crippen LogP contribution >= 0.6 is 0 Å². The van der Waals surface area contributed by atoms with Gasteiger partial charge >= 0.3 is 0 Å². The number of rotatable bonds is 21. The molecule has 0 aliphatic heterocycles. The molecule has 12 nitrogen and oxygen atoms in total. The van der Waals surface area contributed by atoms with E-state index in [2.05, 4.69) is 20.8 Å². The van der Waals surface area contributed by atoms with E-state index >= 15 is 0 Å². The van der Waals surface area contributed by atoms with Gasteiger partial charge in [-0.15, -0.1) is 0 Å². The number of ether oxygens (including phenoxy) is 3. The van der Waals surface area contributed by atoms with Crippen molar-refractivity contribution >= 4 is 17.1 Å². The van der Waals surface area contributed by atoms with Crippen LogP contribution < -0.4 is 14.2 Å². The molecule has 0 spiro atoms. The third-order valence-electron chi connectivity index (χ3n) is 8.41. The summed E-state index contributed by atoms with van der Waals surface area (Å²) in [6.07, 6.45) is 7.79. The Morgan fingerprint density at radius 3 is 0.980 bits per heavy atom. The Bertz CT molecular complexity index is 1430. The summed E-state index contributed by atoms with van der Waals surface area (Å²) < 4.78 is 19.1. The molecule has 3 aromatic rings. The molecule has 0 N–H and O–H groups in total. The van der Waals surface area contributed by atoms with E-state index in [4.69, 9.17) is 14.2 Å². The van der Waals surface area contributed by atoms with Crippen LogP contribution in [0.25, 0.3) is 0 Å². The third kappa shape index (κ3) is 10.1. The van der Waals surface area contributed by atoms with Gasteiger partial charge in [0.15, 0.2) is 0 Å². The lowest BCUT2D eigenvalue weighted by Gasteiger charge is -2.27. The molecule has 0 fully saturated rings. The van der Waals surface area contributed by atoms with Crippen LogP contribution in [0.15, 0.2) is 36.4 Å². The molecule has 0 amide bonds. The molecule has 3 aromatic carbocycles. The molecule has 3 rings (SSSR count). The van der Waals surface area contributed by atoms with Gasteiger partial charge in [-0.1, -0.05) is 59.3 Å². The van der Waals surface area contributed by atoms with Crippen LogP contribution in [0, 0.1) is 51.1 Å². The number of nitrogens with zero attached hydrogens (tertiary/aromatic N) is 3. The summed E-state index contributed by atoms with van der Waals surface area (Å²) in [6.45, 7) is 12.3. The summed E-state index contributed by atoms with van der Waals surface area (Å²) >= 11 is 0. The number of nitro groups is 3. The predicted octanol–water partition coefficient (Wildman–Crippen LogP) is 10.2. The average molecular weight is 680 g/mol. The second kappa shape index (κ2) is 18.7. The molecular formula is C37H49N3O9. The van der Waals surface area contributed by atoms with Crippen LogP contribution in [0.3, 0.4) is 0 Å². The zero-order valence-electron chi connectivity index (χ0n) is 29.5. The minimum absolute atomic E-state index is 0.210. The van der Waals surface area contributed by atoms with Gasteiger partial charge in [0, 0.05) is 59.0 Å². The summed E-state index contributed by atoms with van der Waals surface area (Å²) in [4.78, 5) is 35.3. The fourth-order valence-electron chi connectivity index (χ4n) is 5.98. The van der Waals surface area contributed by atoms with Crippen molar-refractivity contribution < 1.29 is 29.0 Å². The molecule has 49 heavy (non-hydrogen) atoms. The van der Waals surface area contributed by atoms with Crippen molar-refractivity contribution in [1.82, 2.24) is 0 Å². The van der Waals surface area contributed by atoms with E-state index in [0.717, 1.165) is 57.8 Å². The van der Waals surface area contributed by atoms with Gasteiger partial charge in [-0.2, -0.15) is 0 Å². The second-order valence-electron chi connectivity index (χ2n) is 12.4. The number of hydrogen-bond donors (Lipinski definition) is 0. The minimum atomic E-state index is -1.04. The molecule has 0 saturated heterocycles. The van der Waals surface area contributed by atoms with Crippen molar-refractivity contribution in [2.75, 3.05) is 19.8 Å². The molecule has 0 atom stereocenters. The highest BCUT2D eigenvalue weighted by Crippen LogP contribution is 2.49. The summed E-state index contributed by atoms with van der Waals surface area (Å²) in [5, 5.41) is 36.8. The number of non-ortho nitro benzene ring substituents is 3. The van der Waals surface area contributed by atoms with Crippen LogP contribution in [0.4, 0.5) is 17.1 Å². The van der Waals surface area contributed by atoms with Gasteiger partial charge in [-0.3, -0.25) is 30.3 Å². The average Bonchev–Trinajstić information content (AvgIpc) is 3.05. The lowest BCUT2D eigenvalue weighted by Crippen LogP contribution is -2.15. The van der Waals surface area contributed by atoms with E-state index in [9.17, 15) is 30.3 Å². The van der Waals surface area contributed by atoms with Crippen molar-refractivity contribution in [2.24, 2.45) is 0 Å². The third-order valence-corrected chi connectivity index (χ3v) is 8.41. The van der Waals surface area contributed by atoms with Crippen molar-refractivity contribution in [3.63, 3.8) is 0 Å². The predicted molar refractivity (Wildman–Crippen MR) is 190 cm³/mol. The van der Waals surface area contributed by atoms with Crippen molar-refractivity contribution in [3.8, 4) is 17.2 Å². The Balaban J connectivity index is 2.53. The zero-order valence-corrected chi connectivity index (χ0v) is 29.5. The molecule has 12 heteroatoms. The van der Waals surface area contributed by atoms with Gasteiger partial charge in [0.1, 0.15) is 17.2 Å². The molecule has 0 bridgehead atoms. The van der Waals surface area contributed by atoms with E-state index in [0.29, 0.717) is 70.4 Å². The lowest BCUT2D eigenvalue weighted by atomic mass is 9.81. The molecule has 0 radical (unpaired) electrons. The number of benzene rings is 3. The first-order chi connectivity index (χ1) is 23.4. The molecule has 0 heterocycles. The Morgan fingerprint density at radius 1 is 0.490 bits per heavy atom. The van der Waals surface area contributed by atoms with Crippen LogP contribution in [-0.2, 0) is 0 Å². The standard InChI is InChI=1S/C37H49N3O9/c1-7-10-13-16-47-35-25(4)19-28(38(41)42)22-31(35)34(32-23-29(39(43)44)20-26(5)36(32)48-17-14-11-8-2)33-24-30(40(45)46)21-27(6)37(33)49-18-15-12-9-3/h19-24,34H,7-18H2,1-6H3. The van der Waals surface area contributed by atoms with Crippen LogP contribution in [0.2, 0.25) is 0 Å². The minimum Gasteiger partial charge on any atom is -0.493 e. The van der Waals surface area contributed by atoms with Gasteiger partial charge in [0.05, 0.1) is 34.6 Å². The topological polar surface area (TPSA) is 157 Å². The van der Waals surface area contributed by atoms with Gasteiger partial charge in [0.2, 0.25) is 0 Å². The SMILES string of the molecule is CCCCCOc1c(C)cc([N+](=O)[O-])cc1C(c1cc([N+](=O)[O-])cc(C)c1OCCCCC)c1cc([N+](=O)[O-])cc(C)c1OCCCCC. The van der Waals surface area contributed by atoms with Crippen molar-refractivity contribution in [3.05, 3.63) is 100 Å². The number of aryl methyl sites for hydroxylation is 3. The number of hydrogen-bond acceptors (Lipinski definition) is 9. The fraction of sp³-hybridized carbons (Fsp3) is 0.514. The summed E-state index contributed by atoms with van der Waals surface area (Å²) in [6, 6.07) is 8.48. The Kier molecular flexibility index (Phi) is 14.8. The Labute approximate surface area is 288 Å². The maximum atomic E-state index is 12.3. The summed E-state index contributed by atoms with van der Waals surface area (Å²) in [5.74, 6) is 0.0657. The Morgan fingerprint density at radius 2 is 0.755 bits per heavy atom. The molecule has 0 aromatic heterocycles. The summed E-state index contributed by atoms with van der Waals surface area (Å²) in [5.41, 5.74) is 1.84. The first kappa shape index (κ1) is 38.7. The second-order valence-corrected chi connectivity index (χ2v) is 12.4. The largest absolute Gasteiger partial charge is 0.493 e. The highest BCUT2D eigenvalue weighted by Gasteiger charge is 2.34. The summed E-state index contributed by atoms with van der Waals surface area (Å²) in [7, 11) is 0. The smallest absolute Gasteiger partial charge is 0.270 e.